The average Bonchev–Trinajstić information content (AvgIpc) is 3.36. The van der Waals surface area contributed by atoms with Crippen LogP contribution in [-0.4, -0.2) is 33.0 Å². The smallest absolute Gasteiger partial charge is 0.315 e. The first kappa shape index (κ1) is 18.3. The van der Waals surface area contributed by atoms with Crippen LogP contribution in [0.2, 0.25) is 0 Å². The Morgan fingerprint density at radius 1 is 1.18 bits per heavy atom. The molecular formula is C21H25N5O2. The molecule has 3 heterocycles. The maximum Gasteiger partial charge on any atom is 0.315 e. The Labute approximate surface area is 164 Å². The lowest BCUT2D eigenvalue weighted by Crippen LogP contribution is -2.36. The first-order chi connectivity index (χ1) is 13.8. The van der Waals surface area contributed by atoms with Crippen LogP contribution < -0.4 is 15.4 Å². The Bertz CT molecular complexity index is 900. The van der Waals surface area contributed by atoms with E-state index in [4.69, 9.17) is 4.74 Å². The van der Waals surface area contributed by atoms with Gasteiger partial charge in [-0.2, -0.15) is 0 Å². The van der Waals surface area contributed by atoms with E-state index >= 15 is 0 Å². The highest BCUT2D eigenvalue weighted by atomic mass is 16.5. The number of nitrogens with zero attached hydrogens (tertiary/aromatic N) is 3. The fourth-order valence-electron chi connectivity index (χ4n) is 3.48. The number of hydrogen-bond donors (Lipinski definition) is 2. The van der Waals surface area contributed by atoms with Gasteiger partial charge in [0, 0.05) is 43.7 Å². The fraction of sp³-hybridized carbons (Fsp3) is 0.381. The lowest BCUT2D eigenvalue weighted by Gasteiger charge is -2.15. The summed E-state index contributed by atoms with van der Waals surface area (Å²) in [7, 11) is 0. The molecular weight excluding hydrogens is 354 g/mol. The van der Waals surface area contributed by atoms with Crippen LogP contribution in [0, 0.1) is 0 Å². The van der Waals surface area contributed by atoms with Crippen molar-refractivity contribution in [1.82, 2.24) is 25.0 Å². The van der Waals surface area contributed by atoms with Crippen LogP contribution in [0.3, 0.4) is 0 Å². The number of amides is 2. The SMILES string of the molecule is O=C(NCCc1cn2ccccc2n1)NCc1cccnc1OC1CCCC1. The van der Waals surface area contributed by atoms with Crippen molar-refractivity contribution < 1.29 is 9.53 Å². The van der Waals surface area contributed by atoms with Gasteiger partial charge >= 0.3 is 6.03 Å². The van der Waals surface area contributed by atoms with E-state index < -0.39 is 0 Å². The average molecular weight is 379 g/mol. The molecule has 146 valence electrons. The van der Waals surface area contributed by atoms with Crippen LogP contribution in [-0.2, 0) is 13.0 Å². The number of ether oxygens (including phenoxy) is 1. The molecule has 0 atom stereocenters. The molecule has 1 fully saturated rings. The predicted octanol–water partition coefficient (Wildman–Crippen LogP) is 3.09. The van der Waals surface area contributed by atoms with Gasteiger partial charge in [-0.1, -0.05) is 12.1 Å². The molecule has 7 heteroatoms. The van der Waals surface area contributed by atoms with E-state index in [9.17, 15) is 4.79 Å². The molecule has 0 spiro atoms. The van der Waals surface area contributed by atoms with Crippen molar-refractivity contribution in [2.24, 2.45) is 0 Å². The summed E-state index contributed by atoms with van der Waals surface area (Å²) in [6.07, 6.45) is 11.2. The molecule has 0 aliphatic heterocycles. The molecule has 3 aromatic heterocycles. The number of imidazole rings is 1. The number of carbonyl (C=O) groups is 1. The highest BCUT2D eigenvalue weighted by Gasteiger charge is 2.18. The van der Waals surface area contributed by atoms with Gasteiger partial charge in [0.2, 0.25) is 5.88 Å². The van der Waals surface area contributed by atoms with Gasteiger partial charge in [0.25, 0.3) is 0 Å². The van der Waals surface area contributed by atoms with Gasteiger partial charge in [0.1, 0.15) is 11.8 Å². The number of hydrogen-bond acceptors (Lipinski definition) is 4. The predicted molar refractivity (Wildman–Crippen MR) is 106 cm³/mol. The zero-order chi connectivity index (χ0) is 19.2. The third-order valence-electron chi connectivity index (χ3n) is 4.95. The molecule has 3 aromatic rings. The number of pyridine rings is 2. The van der Waals surface area contributed by atoms with Crippen LogP contribution in [0.5, 0.6) is 5.88 Å². The van der Waals surface area contributed by atoms with Crippen molar-refractivity contribution in [3.8, 4) is 5.88 Å². The minimum Gasteiger partial charge on any atom is -0.474 e. The number of fused-ring (bicyclic) bond motifs is 1. The summed E-state index contributed by atoms with van der Waals surface area (Å²) < 4.78 is 7.99. The Hall–Kier alpha value is -3.09. The summed E-state index contributed by atoms with van der Waals surface area (Å²) in [5.41, 5.74) is 2.75. The molecule has 1 aliphatic carbocycles. The molecule has 0 saturated heterocycles. The first-order valence-electron chi connectivity index (χ1n) is 9.83. The Kier molecular flexibility index (Phi) is 5.70. The van der Waals surface area contributed by atoms with Gasteiger partial charge in [0.05, 0.1) is 5.69 Å². The summed E-state index contributed by atoms with van der Waals surface area (Å²) in [5.74, 6) is 0.624. The van der Waals surface area contributed by atoms with Gasteiger partial charge < -0.3 is 19.8 Å². The molecule has 1 aliphatic rings. The third kappa shape index (κ3) is 4.60. The maximum absolute atomic E-state index is 12.1. The summed E-state index contributed by atoms with van der Waals surface area (Å²) in [5, 5.41) is 5.76. The fourth-order valence-corrected chi connectivity index (χ4v) is 3.48. The normalized spacial score (nSPS) is 14.3. The number of rotatable bonds is 7. The highest BCUT2D eigenvalue weighted by molar-refractivity contribution is 5.73. The topological polar surface area (TPSA) is 80.6 Å². The first-order valence-corrected chi connectivity index (χ1v) is 9.83. The van der Waals surface area contributed by atoms with Crippen molar-refractivity contribution in [1.29, 1.82) is 0 Å². The molecule has 28 heavy (non-hydrogen) atoms. The van der Waals surface area contributed by atoms with Crippen molar-refractivity contribution in [3.63, 3.8) is 0 Å². The van der Waals surface area contributed by atoms with E-state index in [1.165, 1.54) is 12.8 Å². The van der Waals surface area contributed by atoms with Crippen LogP contribution >= 0.6 is 0 Å². The van der Waals surface area contributed by atoms with Gasteiger partial charge in [-0.25, -0.2) is 14.8 Å². The van der Waals surface area contributed by atoms with E-state index in [2.05, 4.69) is 20.6 Å². The molecule has 0 bridgehead atoms. The number of carbonyl (C=O) groups excluding carboxylic acids is 1. The van der Waals surface area contributed by atoms with Crippen LogP contribution in [0.25, 0.3) is 5.65 Å². The second kappa shape index (κ2) is 8.73. The molecule has 2 amide bonds. The standard InChI is InChI=1S/C21H25N5O2/c27-21(23-12-10-17-15-26-13-4-3-9-19(26)25-17)24-14-16-6-5-11-22-20(16)28-18-7-1-2-8-18/h3-6,9,11,13,15,18H,1-2,7-8,10,12,14H2,(H2,23,24,27). The maximum atomic E-state index is 12.1. The molecule has 0 aromatic carbocycles. The number of aromatic nitrogens is 3. The summed E-state index contributed by atoms with van der Waals surface area (Å²) in [6.45, 7) is 0.907. The molecule has 4 rings (SSSR count). The van der Waals surface area contributed by atoms with Crippen molar-refractivity contribution in [2.75, 3.05) is 6.54 Å². The van der Waals surface area contributed by atoms with Crippen LogP contribution in [0.15, 0.2) is 48.9 Å². The number of nitrogens with one attached hydrogen (secondary N) is 2. The minimum atomic E-state index is -0.209. The monoisotopic (exact) mass is 379 g/mol. The Morgan fingerprint density at radius 3 is 2.93 bits per heavy atom. The van der Waals surface area contributed by atoms with Gasteiger partial charge in [-0.3, -0.25) is 0 Å². The van der Waals surface area contributed by atoms with Crippen molar-refractivity contribution >= 4 is 11.7 Å². The van der Waals surface area contributed by atoms with Gasteiger partial charge in [-0.05, 0) is 43.9 Å². The summed E-state index contributed by atoms with van der Waals surface area (Å²) in [4.78, 5) is 21.0. The minimum absolute atomic E-state index is 0.209. The van der Waals surface area contributed by atoms with Gasteiger partial charge in [0.15, 0.2) is 0 Å². The van der Waals surface area contributed by atoms with E-state index in [0.29, 0.717) is 25.4 Å². The lowest BCUT2D eigenvalue weighted by atomic mass is 10.2. The largest absolute Gasteiger partial charge is 0.474 e. The zero-order valence-corrected chi connectivity index (χ0v) is 15.8. The quantitative estimate of drug-likeness (QED) is 0.661. The number of urea groups is 1. The Balaban J connectivity index is 1.24. The van der Waals surface area contributed by atoms with Gasteiger partial charge in [-0.15, -0.1) is 0 Å². The van der Waals surface area contributed by atoms with E-state index in [1.807, 2.05) is 47.1 Å². The van der Waals surface area contributed by atoms with Crippen LogP contribution in [0.1, 0.15) is 36.9 Å². The molecule has 2 N–H and O–H groups in total. The van der Waals surface area contributed by atoms with E-state index in [0.717, 1.165) is 29.7 Å². The van der Waals surface area contributed by atoms with E-state index in [1.54, 1.807) is 6.20 Å². The van der Waals surface area contributed by atoms with Crippen molar-refractivity contribution in [3.05, 3.63) is 60.2 Å². The van der Waals surface area contributed by atoms with E-state index in [-0.39, 0.29) is 12.1 Å². The molecule has 0 unspecified atom stereocenters. The van der Waals surface area contributed by atoms with Crippen molar-refractivity contribution in [2.45, 2.75) is 44.8 Å². The third-order valence-corrected chi connectivity index (χ3v) is 4.95. The summed E-state index contributed by atoms with van der Waals surface area (Å²) in [6, 6.07) is 9.48. The molecule has 0 radical (unpaired) electrons. The zero-order valence-electron chi connectivity index (χ0n) is 15.8. The second-order valence-electron chi connectivity index (χ2n) is 7.05. The molecule has 7 nitrogen and oxygen atoms in total. The van der Waals surface area contributed by atoms with Crippen LogP contribution in [0.4, 0.5) is 4.79 Å². The highest BCUT2D eigenvalue weighted by Crippen LogP contribution is 2.24. The molecule has 1 saturated carbocycles. The summed E-state index contributed by atoms with van der Waals surface area (Å²) >= 11 is 0. The second-order valence-corrected chi connectivity index (χ2v) is 7.05. The lowest BCUT2D eigenvalue weighted by molar-refractivity contribution is 0.198. The Morgan fingerprint density at radius 2 is 2.07 bits per heavy atom.